The van der Waals surface area contributed by atoms with Gasteiger partial charge >= 0.3 is 0 Å². The van der Waals surface area contributed by atoms with E-state index >= 15 is 0 Å². The van der Waals surface area contributed by atoms with E-state index in [1.807, 2.05) is 45.9 Å². The summed E-state index contributed by atoms with van der Waals surface area (Å²) in [5.74, 6) is 0.362. The van der Waals surface area contributed by atoms with Crippen LogP contribution in [0.15, 0.2) is 29.1 Å². The fourth-order valence-corrected chi connectivity index (χ4v) is 3.82. The van der Waals surface area contributed by atoms with Crippen molar-refractivity contribution in [2.75, 3.05) is 11.9 Å². The third kappa shape index (κ3) is 3.47. The molecule has 2 aromatic heterocycles. The van der Waals surface area contributed by atoms with Gasteiger partial charge < -0.3 is 20.7 Å². The van der Waals surface area contributed by atoms with E-state index in [9.17, 15) is 14.7 Å². The van der Waals surface area contributed by atoms with Crippen molar-refractivity contribution >= 4 is 22.8 Å². The lowest BCUT2D eigenvalue weighted by Gasteiger charge is -2.24. The summed E-state index contributed by atoms with van der Waals surface area (Å²) in [4.78, 5) is 33.6. The number of benzene rings is 1. The van der Waals surface area contributed by atoms with Gasteiger partial charge in [-0.15, -0.1) is 0 Å². The Labute approximate surface area is 174 Å². The average Bonchev–Trinajstić information content (AvgIpc) is 3.21. The van der Waals surface area contributed by atoms with Gasteiger partial charge in [-0.25, -0.2) is 4.98 Å². The lowest BCUT2D eigenvalue weighted by Crippen LogP contribution is -2.33. The smallest absolute Gasteiger partial charge is 0.262 e. The van der Waals surface area contributed by atoms with Crippen LogP contribution in [0.4, 0.5) is 5.95 Å². The maximum Gasteiger partial charge on any atom is 0.262 e. The summed E-state index contributed by atoms with van der Waals surface area (Å²) in [5.41, 5.74) is 3.11. The predicted molar refractivity (Wildman–Crippen MR) is 117 cm³/mol. The molecular weight excluding hydrogens is 382 g/mol. The van der Waals surface area contributed by atoms with Crippen LogP contribution in [0.3, 0.4) is 0 Å². The second kappa shape index (κ2) is 7.28. The average molecular weight is 409 g/mol. The Bertz CT molecular complexity index is 1190. The van der Waals surface area contributed by atoms with E-state index in [-0.39, 0.29) is 29.7 Å². The van der Waals surface area contributed by atoms with Gasteiger partial charge in [0, 0.05) is 29.9 Å². The van der Waals surface area contributed by atoms with E-state index < -0.39 is 0 Å². The number of aliphatic hydroxyl groups is 1. The minimum absolute atomic E-state index is 0.00620. The van der Waals surface area contributed by atoms with Crippen molar-refractivity contribution in [3.63, 3.8) is 0 Å². The molecule has 0 spiro atoms. The normalized spacial score (nSPS) is 16.0. The number of fused-ring (bicyclic) bond motifs is 2. The maximum absolute atomic E-state index is 13.3. The lowest BCUT2D eigenvalue weighted by atomic mass is 10.1. The number of hydrogen-bond donors (Lipinski definition) is 4. The molecule has 1 aliphatic rings. The number of para-hydroxylation sites is 1. The minimum Gasteiger partial charge on any atom is -0.396 e. The molecule has 1 aliphatic heterocycles. The van der Waals surface area contributed by atoms with Crippen LogP contribution < -0.4 is 16.2 Å². The largest absolute Gasteiger partial charge is 0.396 e. The molecule has 0 saturated carbocycles. The zero-order valence-electron chi connectivity index (χ0n) is 17.7. The van der Waals surface area contributed by atoms with Crippen LogP contribution in [0, 0.1) is 0 Å². The third-order valence-corrected chi connectivity index (χ3v) is 5.18. The Balaban J connectivity index is 1.93. The molecule has 30 heavy (non-hydrogen) atoms. The molecule has 4 rings (SSSR count). The van der Waals surface area contributed by atoms with E-state index in [1.54, 1.807) is 10.6 Å². The quantitative estimate of drug-likeness (QED) is 0.518. The molecule has 3 heterocycles. The molecule has 1 unspecified atom stereocenters. The summed E-state index contributed by atoms with van der Waals surface area (Å²) in [6, 6.07) is 7.22. The van der Waals surface area contributed by atoms with Crippen molar-refractivity contribution in [3.8, 4) is 11.3 Å². The molecule has 0 bridgehead atoms. The van der Waals surface area contributed by atoms with Crippen molar-refractivity contribution in [1.82, 2.24) is 19.9 Å². The number of hydrogen-bond acceptors (Lipinski definition) is 5. The summed E-state index contributed by atoms with van der Waals surface area (Å²) in [6.07, 6.45) is 0.460. The fraction of sp³-hybridized carbons (Fsp3) is 0.409. The molecule has 8 nitrogen and oxygen atoms in total. The van der Waals surface area contributed by atoms with E-state index in [1.165, 1.54) is 0 Å². The zero-order chi connectivity index (χ0) is 21.6. The molecule has 1 atom stereocenters. The maximum atomic E-state index is 13.3. The summed E-state index contributed by atoms with van der Waals surface area (Å²) in [7, 11) is 0. The van der Waals surface area contributed by atoms with Crippen molar-refractivity contribution in [1.29, 1.82) is 0 Å². The van der Waals surface area contributed by atoms with Crippen LogP contribution >= 0.6 is 0 Å². The monoisotopic (exact) mass is 409 g/mol. The van der Waals surface area contributed by atoms with Crippen molar-refractivity contribution in [3.05, 3.63) is 45.9 Å². The summed E-state index contributed by atoms with van der Waals surface area (Å²) < 4.78 is 1.58. The molecule has 0 saturated heterocycles. The number of rotatable bonds is 5. The first-order valence-electron chi connectivity index (χ1n) is 10.2. The van der Waals surface area contributed by atoms with Crippen LogP contribution in [-0.2, 0) is 6.54 Å². The number of nitrogens with zero attached hydrogens (tertiary/aromatic N) is 2. The number of aromatic amines is 1. The molecule has 1 amide bonds. The van der Waals surface area contributed by atoms with Gasteiger partial charge in [0.05, 0.1) is 28.2 Å². The highest BCUT2D eigenvalue weighted by Gasteiger charge is 2.29. The van der Waals surface area contributed by atoms with Gasteiger partial charge in [-0.1, -0.05) is 12.1 Å². The summed E-state index contributed by atoms with van der Waals surface area (Å²) in [6.45, 7) is 8.29. The topological polar surface area (TPSA) is 112 Å². The summed E-state index contributed by atoms with van der Waals surface area (Å²) in [5, 5.41) is 16.0. The van der Waals surface area contributed by atoms with Gasteiger partial charge in [-0.2, -0.15) is 0 Å². The van der Waals surface area contributed by atoms with Crippen LogP contribution in [0.5, 0.6) is 0 Å². The van der Waals surface area contributed by atoms with Crippen LogP contribution in [0.2, 0.25) is 0 Å². The molecule has 0 fully saturated rings. The number of anilines is 1. The van der Waals surface area contributed by atoms with Crippen LogP contribution in [-0.4, -0.2) is 37.7 Å². The predicted octanol–water partition coefficient (Wildman–Crippen LogP) is 2.79. The molecule has 0 radical (unpaired) electrons. The Kier molecular flexibility index (Phi) is 4.89. The lowest BCUT2D eigenvalue weighted by molar-refractivity contribution is 0.0958. The van der Waals surface area contributed by atoms with E-state index in [0.717, 1.165) is 17.0 Å². The first kappa shape index (κ1) is 20.2. The Morgan fingerprint density at radius 2 is 2.00 bits per heavy atom. The number of carbonyl (C=O) groups is 1. The fourth-order valence-electron chi connectivity index (χ4n) is 3.82. The molecule has 3 aromatic rings. The second-order valence-electron chi connectivity index (χ2n) is 8.75. The van der Waals surface area contributed by atoms with Crippen LogP contribution in [0.1, 0.15) is 56.2 Å². The minimum atomic E-state index is -0.301. The molecular formula is C22H27N5O3. The van der Waals surface area contributed by atoms with Gasteiger partial charge in [0.25, 0.3) is 11.5 Å². The molecule has 0 aliphatic carbocycles. The Morgan fingerprint density at radius 3 is 2.67 bits per heavy atom. The van der Waals surface area contributed by atoms with Gasteiger partial charge in [0.2, 0.25) is 5.95 Å². The van der Waals surface area contributed by atoms with Crippen molar-refractivity contribution in [2.45, 2.75) is 52.2 Å². The Morgan fingerprint density at radius 1 is 1.23 bits per heavy atom. The van der Waals surface area contributed by atoms with Crippen molar-refractivity contribution < 1.29 is 9.90 Å². The zero-order valence-corrected chi connectivity index (χ0v) is 17.7. The highest BCUT2D eigenvalue weighted by atomic mass is 16.3. The molecule has 4 N–H and O–H groups in total. The first-order chi connectivity index (χ1) is 14.2. The standard InChI is InChI=1S/C22H27N5O3/c1-12-17-15(19(29)23-12)11-16(24-17)13-7-5-8-14-18(13)25-21(26-22(2,3)4)27(20(14)30)9-6-10-28/h5,7-8,11-12,24,28H,6,9-10H2,1-4H3,(H,23,29)(H,25,26). The number of H-pyrrole nitrogens is 1. The Hall–Kier alpha value is -3.13. The number of aliphatic hydroxyl groups excluding tert-OH is 1. The molecule has 158 valence electrons. The van der Waals surface area contributed by atoms with Gasteiger partial charge in [0.1, 0.15) is 0 Å². The second-order valence-corrected chi connectivity index (χ2v) is 8.75. The van der Waals surface area contributed by atoms with E-state index in [2.05, 4.69) is 15.6 Å². The van der Waals surface area contributed by atoms with Crippen LogP contribution in [0.25, 0.3) is 22.2 Å². The number of amides is 1. The van der Waals surface area contributed by atoms with Gasteiger partial charge in [-0.05, 0) is 46.2 Å². The van der Waals surface area contributed by atoms with Gasteiger partial charge in [-0.3, -0.25) is 14.2 Å². The first-order valence-corrected chi connectivity index (χ1v) is 10.2. The third-order valence-electron chi connectivity index (χ3n) is 5.18. The number of aromatic nitrogens is 3. The highest BCUT2D eigenvalue weighted by Crippen LogP contribution is 2.32. The van der Waals surface area contributed by atoms with Gasteiger partial charge in [0.15, 0.2) is 0 Å². The number of nitrogens with one attached hydrogen (secondary N) is 3. The SMILES string of the molecule is CC1NC(=O)c2cc(-c3cccc4c(=O)n(CCCO)c(NC(C)(C)C)nc34)[nH]c21. The molecule has 8 heteroatoms. The van der Waals surface area contributed by atoms with E-state index in [4.69, 9.17) is 4.98 Å². The summed E-state index contributed by atoms with van der Waals surface area (Å²) >= 11 is 0. The highest BCUT2D eigenvalue weighted by molar-refractivity contribution is 6.01. The number of carbonyl (C=O) groups excluding carboxylic acids is 1. The van der Waals surface area contributed by atoms with Crippen molar-refractivity contribution in [2.24, 2.45) is 0 Å². The molecule has 1 aromatic carbocycles. The van der Waals surface area contributed by atoms with E-state index in [0.29, 0.717) is 35.4 Å².